The summed E-state index contributed by atoms with van der Waals surface area (Å²) in [5, 5.41) is -0.254. The smallest absolute Gasteiger partial charge is 0.242 e. The highest BCUT2D eigenvalue weighted by Gasteiger charge is 2.37. The quantitative estimate of drug-likeness (QED) is 0.488. The van der Waals surface area contributed by atoms with Gasteiger partial charge in [0.05, 0.1) is 37.1 Å². The van der Waals surface area contributed by atoms with E-state index in [1.165, 1.54) is 11.8 Å². The number of thioether (sulfide) groups is 1. The van der Waals surface area contributed by atoms with Crippen molar-refractivity contribution in [3.63, 3.8) is 0 Å². The summed E-state index contributed by atoms with van der Waals surface area (Å²) in [4.78, 5) is 14.7. The van der Waals surface area contributed by atoms with Crippen molar-refractivity contribution in [2.45, 2.75) is 25.1 Å². The van der Waals surface area contributed by atoms with E-state index in [4.69, 9.17) is 26.4 Å². The van der Waals surface area contributed by atoms with E-state index in [9.17, 15) is 4.79 Å². The molecule has 8 heteroatoms. The van der Waals surface area contributed by atoms with Gasteiger partial charge in [-0.25, -0.2) is 0 Å². The minimum absolute atomic E-state index is 0.0284. The summed E-state index contributed by atoms with van der Waals surface area (Å²) < 4.78 is 17.7. The molecule has 1 saturated heterocycles. The average molecular weight is 496 g/mol. The lowest BCUT2D eigenvalue weighted by Gasteiger charge is -2.16. The van der Waals surface area contributed by atoms with Gasteiger partial charge < -0.3 is 14.2 Å². The van der Waals surface area contributed by atoms with Gasteiger partial charge >= 0.3 is 0 Å². The van der Waals surface area contributed by atoms with E-state index in [1.54, 1.807) is 19.1 Å². The molecule has 0 aromatic heterocycles. The van der Waals surface area contributed by atoms with Gasteiger partial charge in [0.1, 0.15) is 10.1 Å². The SMILES string of the molecule is CCOc1cc(C[C@H]2SC(=S)N(Cc3ccc(OC)cc3)C2=O)cc(Br)c1OC. The summed E-state index contributed by atoms with van der Waals surface area (Å²) in [6.07, 6.45) is 0.561. The van der Waals surface area contributed by atoms with E-state index >= 15 is 0 Å². The van der Waals surface area contributed by atoms with Crippen LogP contribution in [0.15, 0.2) is 40.9 Å². The number of carbonyl (C=O) groups is 1. The highest BCUT2D eigenvalue weighted by Crippen LogP contribution is 2.38. The Bertz CT molecular complexity index is 904. The van der Waals surface area contributed by atoms with Gasteiger partial charge in [-0.05, 0) is 64.7 Å². The van der Waals surface area contributed by atoms with Crippen LogP contribution in [0.4, 0.5) is 0 Å². The first-order valence-electron chi connectivity index (χ1n) is 9.11. The van der Waals surface area contributed by atoms with Crippen molar-refractivity contribution in [1.82, 2.24) is 4.90 Å². The van der Waals surface area contributed by atoms with Crippen molar-refractivity contribution in [2.75, 3.05) is 20.8 Å². The Morgan fingerprint density at radius 3 is 2.48 bits per heavy atom. The third-order valence-corrected chi connectivity index (χ3v) is 6.67. The number of benzene rings is 2. The lowest BCUT2D eigenvalue weighted by molar-refractivity contribution is -0.126. The van der Waals surface area contributed by atoms with E-state index < -0.39 is 0 Å². The number of hydrogen-bond acceptors (Lipinski definition) is 6. The molecule has 5 nitrogen and oxygen atoms in total. The highest BCUT2D eigenvalue weighted by atomic mass is 79.9. The summed E-state index contributed by atoms with van der Waals surface area (Å²) in [5.74, 6) is 2.12. The van der Waals surface area contributed by atoms with E-state index in [2.05, 4.69) is 15.9 Å². The number of hydrogen-bond donors (Lipinski definition) is 0. The molecule has 1 heterocycles. The van der Waals surface area contributed by atoms with Gasteiger partial charge in [0, 0.05) is 0 Å². The molecule has 1 fully saturated rings. The van der Waals surface area contributed by atoms with Crippen LogP contribution in [0, 0.1) is 0 Å². The van der Waals surface area contributed by atoms with Gasteiger partial charge in [-0.15, -0.1) is 0 Å². The maximum Gasteiger partial charge on any atom is 0.242 e. The maximum absolute atomic E-state index is 13.0. The fraction of sp³-hybridized carbons (Fsp3) is 0.333. The number of carbonyl (C=O) groups excluding carboxylic acids is 1. The third kappa shape index (κ3) is 5.05. The van der Waals surface area contributed by atoms with E-state index in [1.807, 2.05) is 43.3 Å². The number of thiocarbonyl (C=S) groups is 1. The first-order valence-corrected chi connectivity index (χ1v) is 11.2. The average Bonchev–Trinajstić information content (AvgIpc) is 2.96. The third-order valence-electron chi connectivity index (χ3n) is 4.50. The second kappa shape index (κ2) is 9.82. The molecule has 0 aliphatic carbocycles. The number of amides is 1. The Balaban J connectivity index is 1.74. The normalized spacial score (nSPS) is 16.3. The highest BCUT2D eigenvalue weighted by molar-refractivity contribution is 9.10. The van der Waals surface area contributed by atoms with Crippen LogP contribution in [0.3, 0.4) is 0 Å². The summed E-state index contributed by atoms with van der Waals surface area (Å²) in [6, 6.07) is 11.5. The molecule has 1 aliphatic rings. The van der Waals surface area contributed by atoms with Crippen molar-refractivity contribution in [1.29, 1.82) is 0 Å². The Morgan fingerprint density at radius 1 is 1.14 bits per heavy atom. The maximum atomic E-state index is 13.0. The van der Waals surface area contributed by atoms with Crippen LogP contribution in [0.5, 0.6) is 17.2 Å². The first kappa shape index (κ1) is 21.9. The second-order valence-electron chi connectivity index (χ2n) is 6.39. The molecule has 0 spiro atoms. The molecule has 2 aromatic rings. The monoisotopic (exact) mass is 495 g/mol. The number of halogens is 1. The molecule has 0 N–H and O–H groups in total. The Labute approximate surface area is 188 Å². The number of ether oxygens (including phenoxy) is 3. The summed E-state index contributed by atoms with van der Waals surface area (Å²) in [6.45, 7) is 2.91. The van der Waals surface area contributed by atoms with Crippen molar-refractivity contribution in [3.05, 3.63) is 52.0 Å². The van der Waals surface area contributed by atoms with Gasteiger partial charge in [0.25, 0.3) is 0 Å². The molecule has 0 saturated carbocycles. The molecule has 154 valence electrons. The lowest BCUT2D eigenvalue weighted by atomic mass is 10.1. The van der Waals surface area contributed by atoms with Gasteiger partial charge in [0.2, 0.25) is 5.91 Å². The zero-order valence-electron chi connectivity index (χ0n) is 16.4. The zero-order chi connectivity index (χ0) is 21.0. The van der Waals surface area contributed by atoms with Crippen LogP contribution in [0.25, 0.3) is 0 Å². The molecule has 0 bridgehead atoms. The molecule has 3 rings (SSSR count). The van der Waals surface area contributed by atoms with E-state index in [0.717, 1.165) is 21.3 Å². The van der Waals surface area contributed by atoms with Gasteiger partial charge in [-0.2, -0.15) is 0 Å². The lowest BCUT2D eigenvalue weighted by Crippen LogP contribution is -2.31. The Morgan fingerprint density at radius 2 is 1.86 bits per heavy atom. The minimum Gasteiger partial charge on any atom is -0.497 e. The van der Waals surface area contributed by atoms with Gasteiger partial charge in [-0.3, -0.25) is 9.69 Å². The first-order chi connectivity index (χ1) is 14.0. The van der Waals surface area contributed by atoms with Crippen LogP contribution in [0.2, 0.25) is 0 Å². The minimum atomic E-state index is -0.254. The van der Waals surface area contributed by atoms with Gasteiger partial charge in [0.15, 0.2) is 11.5 Å². The topological polar surface area (TPSA) is 48.0 Å². The summed E-state index contributed by atoms with van der Waals surface area (Å²) in [7, 11) is 3.23. The van der Waals surface area contributed by atoms with Crippen LogP contribution >= 0.6 is 39.9 Å². The van der Waals surface area contributed by atoms with Crippen LogP contribution in [0.1, 0.15) is 18.1 Å². The largest absolute Gasteiger partial charge is 0.497 e. The molecule has 1 amide bonds. The zero-order valence-corrected chi connectivity index (χ0v) is 19.7. The van der Waals surface area contributed by atoms with Crippen molar-refractivity contribution >= 4 is 50.1 Å². The van der Waals surface area contributed by atoms with E-state index in [0.29, 0.717) is 35.4 Å². The predicted octanol–water partition coefficient (Wildman–Crippen LogP) is 4.84. The fourth-order valence-corrected chi connectivity index (χ4v) is 5.28. The molecule has 0 unspecified atom stereocenters. The number of methoxy groups -OCH3 is 2. The molecule has 2 aromatic carbocycles. The Kier molecular flexibility index (Phi) is 7.43. The van der Waals surface area contributed by atoms with E-state index in [-0.39, 0.29) is 11.2 Å². The summed E-state index contributed by atoms with van der Waals surface area (Å²) in [5.41, 5.74) is 2.00. The van der Waals surface area contributed by atoms with Crippen molar-refractivity contribution in [2.24, 2.45) is 0 Å². The summed E-state index contributed by atoms with van der Waals surface area (Å²) >= 11 is 10.4. The molecular weight excluding hydrogens is 474 g/mol. The van der Waals surface area contributed by atoms with Gasteiger partial charge in [-0.1, -0.05) is 36.1 Å². The van der Waals surface area contributed by atoms with Crippen LogP contribution < -0.4 is 14.2 Å². The molecule has 29 heavy (non-hydrogen) atoms. The van der Waals surface area contributed by atoms with Crippen LogP contribution in [-0.2, 0) is 17.8 Å². The molecule has 1 atom stereocenters. The molecule has 0 radical (unpaired) electrons. The number of rotatable bonds is 8. The second-order valence-corrected chi connectivity index (χ2v) is 9.08. The van der Waals surface area contributed by atoms with Crippen molar-refractivity contribution < 1.29 is 19.0 Å². The fourth-order valence-electron chi connectivity index (χ4n) is 3.10. The Hall–Kier alpha value is -1.77. The predicted molar refractivity (Wildman–Crippen MR) is 123 cm³/mol. The molecule has 1 aliphatic heterocycles. The number of nitrogens with zero attached hydrogens (tertiary/aromatic N) is 1. The van der Waals surface area contributed by atoms with Crippen molar-refractivity contribution in [3.8, 4) is 17.2 Å². The molecular formula is C21H22BrNO4S2. The van der Waals surface area contributed by atoms with Crippen LogP contribution in [-0.4, -0.2) is 41.2 Å². The standard InChI is InChI=1S/C21H22BrNO4S2/c1-4-27-17-10-14(9-16(22)19(17)26-3)11-18-20(24)23(21(28)29-18)12-13-5-7-15(25-2)8-6-13/h5-10,18H,4,11-12H2,1-3H3/t18-/m1/s1.